The van der Waals surface area contributed by atoms with E-state index in [1.165, 1.54) is 6.92 Å². The lowest BCUT2D eigenvalue weighted by molar-refractivity contribution is 0.0734. The summed E-state index contributed by atoms with van der Waals surface area (Å²) in [6, 6.07) is 20.6. The van der Waals surface area contributed by atoms with Crippen molar-refractivity contribution in [2.75, 3.05) is 6.61 Å². The van der Waals surface area contributed by atoms with Crippen molar-refractivity contribution in [1.29, 1.82) is 0 Å². The van der Waals surface area contributed by atoms with E-state index in [1.807, 2.05) is 24.3 Å². The van der Waals surface area contributed by atoms with Crippen LogP contribution in [0.5, 0.6) is 11.5 Å². The van der Waals surface area contributed by atoms with E-state index in [9.17, 15) is 9.59 Å². The molecule has 7 nitrogen and oxygen atoms in total. The number of hydrogen-bond donors (Lipinski definition) is 0. The smallest absolute Gasteiger partial charge is 0.343 e. The molecule has 0 saturated carbocycles. The zero-order valence-electron chi connectivity index (χ0n) is 19.0. The van der Waals surface area contributed by atoms with E-state index in [0.29, 0.717) is 40.8 Å². The second kappa shape index (κ2) is 10.6. The van der Waals surface area contributed by atoms with Gasteiger partial charge in [-0.25, -0.2) is 4.79 Å². The van der Waals surface area contributed by atoms with E-state index in [4.69, 9.17) is 13.9 Å². The van der Waals surface area contributed by atoms with Crippen LogP contribution in [-0.2, 0) is 0 Å². The molecule has 0 aliphatic rings. The van der Waals surface area contributed by atoms with Gasteiger partial charge in [0, 0.05) is 16.7 Å². The van der Waals surface area contributed by atoms with Crippen molar-refractivity contribution in [3.63, 3.8) is 0 Å². The van der Waals surface area contributed by atoms with Gasteiger partial charge in [-0.05, 0) is 86.1 Å². The molecule has 0 aliphatic carbocycles. The number of aromatic nitrogens is 2. The quantitative estimate of drug-likeness (QED) is 0.132. The molecule has 4 aromatic rings. The fourth-order valence-electron chi connectivity index (χ4n) is 3.16. The number of carbonyl (C=O) groups is 2. The van der Waals surface area contributed by atoms with Crippen molar-refractivity contribution in [3.05, 3.63) is 83.9 Å². The van der Waals surface area contributed by atoms with Gasteiger partial charge in [0.2, 0.25) is 11.8 Å². The maximum atomic E-state index is 12.4. The molecule has 34 heavy (non-hydrogen) atoms. The zero-order chi connectivity index (χ0) is 23.9. The Kier molecular flexibility index (Phi) is 7.13. The summed E-state index contributed by atoms with van der Waals surface area (Å²) in [6.45, 7) is 4.29. The average molecular weight is 456 g/mol. The van der Waals surface area contributed by atoms with Crippen molar-refractivity contribution < 1.29 is 23.5 Å². The first-order chi connectivity index (χ1) is 16.5. The predicted molar refractivity (Wildman–Crippen MR) is 127 cm³/mol. The van der Waals surface area contributed by atoms with Gasteiger partial charge in [0.1, 0.15) is 11.5 Å². The molecule has 0 spiro atoms. The molecular weight excluding hydrogens is 432 g/mol. The fraction of sp³-hybridized carbons (Fsp3) is 0.185. The lowest BCUT2D eigenvalue weighted by Gasteiger charge is -2.05. The topological polar surface area (TPSA) is 91.5 Å². The first-order valence-corrected chi connectivity index (χ1v) is 11.0. The number of benzene rings is 3. The van der Waals surface area contributed by atoms with Crippen molar-refractivity contribution in [3.8, 4) is 34.4 Å². The monoisotopic (exact) mass is 456 g/mol. The minimum Gasteiger partial charge on any atom is -0.494 e. The van der Waals surface area contributed by atoms with E-state index >= 15 is 0 Å². The van der Waals surface area contributed by atoms with Gasteiger partial charge in [-0.15, -0.1) is 10.2 Å². The molecule has 0 N–H and O–H groups in total. The summed E-state index contributed by atoms with van der Waals surface area (Å²) < 4.78 is 16.9. The number of nitrogens with zero attached hydrogens (tertiary/aromatic N) is 2. The fourth-order valence-corrected chi connectivity index (χ4v) is 3.16. The highest BCUT2D eigenvalue weighted by molar-refractivity contribution is 5.94. The van der Waals surface area contributed by atoms with Gasteiger partial charge in [-0.3, -0.25) is 4.79 Å². The summed E-state index contributed by atoms with van der Waals surface area (Å²) in [5.74, 6) is 1.35. The summed E-state index contributed by atoms with van der Waals surface area (Å²) >= 11 is 0. The normalized spacial score (nSPS) is 10.6. The average Bonchev–Trinajstić information content (AvgIpc) is 3.35. The highest BCUT2D eigenvalue weighted by Crippen LogP contribution is 2.26. The Hall–Kier alpha value is -4.26. The van der Waals surface area contributed by atoms with Crippen molar-refractivity contribution >= 4 is 11.8 Å². The molecule has 172 valence electrons. The Morgan fingerprint density at radius 3 is 1.85 bits per heavy atom. The Morgan fingerprint density at radius 2 is 1.29 bits per heavy atom. The minimum absolute atomic E-state index is 0.0499. The van der Waals surface area contributed by atoms with Gasteiger partial charge in [-0.2, -0.15) is 0 Å². The van der Waals surface area contributed by atoms with Gasteiger partial charge >= 0.3 is 5.97 Å². The molecule has 1 aromatic heterocycles. The highest BCUT2D eigenvalue weighted by atomic mass is 16.5. The number of ketones is 1. The number of rotatable bonds is 9. The molecule has 3 aromatic carbocycles. The Morgan fingerprint density at radius 1 is 0.765 bits per heavy atom. The molecule has 0 radical (unpaired) electrons. The van der Waals surface area contributed by atoms with Gasteiger partial charge in [0.15, 0.2) is 5.78 Å². The second-order valence-electron chi connectivity index (χ2n) is 7.69. The zero-order valence-corrected chi connectivity index (χ0v) is 19.0. The van der Waals surface area contributed by atoms with Crippen LogP contribution in [0, 0.1) is 0 Å². The maximum Gasteiger partial charge on any atom is 0.343 e. The summed E-state index contributed by atoms with van der Waals surface area (Å²) in [6.07, 6.45) is 2.10. The van der Waals surface area contributed by atoms with Crippen LogP contribution >= 0.6 is 0 Å². The van der Waals surface area contributed by atoms with E-state index in [-0.39, 0.29) is 5.78 Å². The first kappa shape index (κ1) is 22.9. The molecule has 0 bridgehead atoms. The number of esters is 1. The third-order valence-corrected chi connectivity index (χ3v) is 5.13. The van der Waals surface area contributed by atoms with Gasteiger partial charge in [-0.1, -0.05) is 13.3 Å². The van der Waals surface area contributed by atoms with Crippen LogP contribution < -0.4 is 9.47 Å². The number of ether oxygens (including phenoxy) is 2. The summed E-state index contributed by atoms with van der Waals surface area (Å²) in [4.78, 5) is 23.8. The summed E-state index contributed by atoms with van der Waals surface area (Å²) in [5, 5.41) is 8.25. The lowest BCUT2D eigenvalue weighted by Crippen LogP contribution is -2.08. The number of hydrogen-bond acceptors (Lipinski definition) is 7. The van der Waals surface area contributed by atoms with Gasteiger partial charge in [0.05, 0.1) is 12.2 Å². The second-order valence-corrected chi connectivity index (χ2v) is 7.69. The van der Waals surface area contributed by atoms with E-state index in [1.54, 1.807) is 48.5 Å². The van der Waals surface area contributed by atoms with Crippen molar-refractivity contribution in [1.82, 2.24) is 10.2 Å². The van der Waals surface area contributed by atoms with E-state index in [2.05, 4.69) is 17.1 Å². The molecule has 0 atom stereocenters. The van der Waals surface area contributed by atoms with Crippen molar-refractivity contribution in [2.45, 2.75) is 26.7 Å². The Labute approximate surface area is 197 Å². The summed E-state index contributed by atoms with van der Waals surface area (Å²) in [7, 11) is 0. The molecule has 0 saturated heterocycles. The number of Topliss-reactive ketones (excluding diaryl/α,β-unsaturated/α-hetero) is 1. The third kappa shape index (κ3) is 5.56. The molecule has 0 unspecified atom stereocenters. The molecule has 0 aliphatic heterocycles. The first-order valence-electron chi connectivity index (χ1n) is 11.0. The van der Waals surface area contributed by atoms with Crippen LogP contribution in [0.3, 0.4) is 0 Å². The largest absolute Gasteiger partial charge is 0.494 e. The molecule has 7 heteroatoms. The SMILES string of the molecule is CCCCOc1ccc(-c2nnc(-c3ccc(C(=O)Oc4ccc(C(C)=O)cc4)cc3)o2)cc1. The molecule has 0 amide bonds. The lowest BCUT2D eigenvalue weighted by atomic mass is 10.1. The van der Waals surface area contributed by atoms with Crippen LogP contribution in [0.4, 0.5) is 0 Å². The van der Waals surface area contributed by atoms with Crippen LogP contribution in [0.15, 0.2) is 77.2 Å². The number of carbonyl (C=O) groups excluding carboxylic acids is 2. The molecular formula is C27H24N2O5. The van der Waals surface area contributed by atoms with E-state index < -0.39 is 5.97 Å². The van der Waals surface area contributed by atoms with Crippen LogP contribution in [0.2, 0.25) is 0 Å². The summed E-state index contributed by atoms with van der Waals surface area (Å²) in [5.41, 5.74) is 2.40. The maximum absolute atomic E-state index is 12.4. The Bertz CT molecular complexity index is 1260. The van der Waals surface area contributed by atoms with Crippen LogP contribution in [0.25, 0.3) is 22.9 Å². The standard InChI is InChI=1S/C27H24N2O5/c1-3-4-17-32-23-13-11-21(12-14-23)26-29-28-25(34-26)20-5-7-22(8-6-20)27(31)33-24-15-9-19(10-16-24)18(2)30/h5-16H,3-4,17H2,1-2H3. The Balaban J connectivity index is 1.40. The van der Waals surface area contributed by atoms with E-state index in [0.717, 1.165) is 24.2 Å². The van der Waals surface area contributed by atoms with Gasteiger partial charge < -0.3 is 13.9 Å². The van der Waals surface area contributed by atoms with Crippen LogP contribution in [0.1, 0.15) is 47.4 Å². The number of unbranched alkanes of at least 4 members (excludes halogenated alkanes) is 1. The van der Waals surface area contributed by atoms with Gasteiger partial charge in [0.25, 0.3) is 0 Å². The van der Waals surface area contributed by atoms with Crippen molar-refractivity contribution in [2.24, 2.45) is 0 Å². The minimum atomic E-state index is -0.505. The molecule has 4 rings (SSSR count). The van der Waals surface area contributed by atoms with Crippen LogP contribution in [-0.4, -0.2) is 28.6 Å². The highest BCUT2D eigenvalue weighted by Gasteiger charge is 2.13. The predicted octanol–water partition coefficient (Wildman–Crippen LogP) is 6.00. The third-order valence-electron chi connectivity index (χ3n) is 5.13. The molecule has 1 heterocycles. The molecule has 0 fully saturated rings.